The summed E-state index contributed by atoms with van der Waals surface area (Å²) in [6.45, 7) is 3.33. The zero-order valence-corrected chi connectivity index (χ0v) is 18.3. The van der Waals surface area contributed by atoms with Crippen LogP contribution in [-0.4, -0.2) is 57.8 Å². The van der Waals surface area contributed by atoms with Gasteiger partial charge >= 0.3 is 0 Å². The van der Waals surface area contributed by atoms with Gasteiger partial charge < -0.3 is 9.80 Å². The minimum Gasteiger partial charge on any atom is -0.339 e. The number of carbonyl (C=O) groups excluding carboxylic acids is 2. The van der Waals surface area contributed by atoms with E-state index in [1.165, 1.54) is 12.8 Å². The Morgan fingerprint density at radius 3 is 1.84 bits per heavy atom. The number of nitrogens with zero attached hydrogens (tertiary/aromatic N) is 4. The average molecular weight is 429 g/mol. The highest BCUT2D eigenvalue weighted by Crippen LogP contribution is 2.23. The Morgan fingerprint density at radius 1 is 0.656 bits per heavy atom. The molecule has 1 aromatic heterocycles. The molecule has 0 spiro atoms. The van der Waals surface area contributed by atoms with Crippen LogP contribution in [0.5, 0.6) is 0 Å². The normalized spacial score (nSPS) is 16.9. The molecule has 5 rings (SSSR count). The third-order valence-corrected chi connectivity index (χ3v) is 6.50. The van der Waals surface area contributed by atoms with Gasteiger partial charge in [0.25, 0.3) is 11.8 Å². The second kappa shape index (κ2) is 9.07. The number of fused-ring (bicyclic) bond motifs is 1. The van der Waals surface area contributed by atoms with Crippen LogP contribution in [0.15, 0.2) is 48.7 Å². The van der Waals surface area contributed by atoms with Gasteiger partial charge in [-0.1, -0.05) is 12.1 Å². The molecule has 6 heteroatoms. The first-order valence-corrected chi connectivity index (χ1v) is 11.6. The van der Waals surface area contributed by atoms with Crippen LogP contribution < -0.4 is 0 Å². The highest BCUT2D eigenvalue weighted by atomic mass is 16.2. The summed E-state index contributed by atoms with van der Waals surface area (Å²) >= 11 is 0. The molecule has 3 heterocycles. The van der Waals surface area contributed by atoms with E-state index in [9.17, 15) is 9.59 Å². The molecule has 6 nitrogen and oxygen atoms in total. The molecule has 0 N–H and O–H groups in total. The lowest BCUT2D eigenvalue weighted by molar-refractivity contribution is 0.0717. The van der Waals surface area contributed by atoms with Crippen molar-refractivity contribution in [2.75, 3.05) is 26.2 Å². The molecule has 0 radical (unpaired) electrons. The summed E-state index contributed by atoms with van der Waals surface area (Å²) in [5.41, 5.74) is 4.48. The van der Waals surface area contributed by atoms with Crippen LogP contribution >= 0.6 is 0 Å². The summed E-state index contributed by atoms with van der Waals surface area (Å²) in [5.74, 6) is 0.168. The summed E-state index contributed by atoms with van der Waals surface area (Å²) in [5, 5.41) is 0. The highest BCUT2D eigenvalue weighted by Gasteiger charge is 2.20. The number of rotatable bonds is 3. The van der Waals surface area contributed by atoms with Crippen LogP contribution in [0.2, 0.25) is 0 Å². The van der Waals surface area contributed by atoms with Crippen molar-refractivity contribution in [3.63, 3.8) is 0 Å². The molecule has 0 saturated carbocycles. The van der Waals surface area contributed by atoms with Crippen molar-refractivity contribution in [3.8, 4) is 11.3 Å². The van der Waals surface area contributed by atoms with Crippen molar-refractivity contribution >= 4 is 22.8 Å². The van der Waals surface area contributed by atoms with Crippen LogP contribution in [0.25, 0.3) is 22.3 Å². The maximum atomic E-state index is 12.9. The van der Waals surface area contributed by atoms with E-state index in [0.29, 0.717) is 16.6 Å². The second-order valence-electron chi connectivity index (χ2n) is 8.74. The Hall–Kier alpha value is -3.28. The van der Waals surface area contributed by atoms with Crippen LogP contribution in [0.1, 0.15) is 59.2 Å². The maximum absolute atomic E-state index is 12.9. The van der Waals surface area contributed by atoms with Gasteiger partial charge in [0.15, 0.2) is 0 Å². The third kappa shape index (κ3) is 4.22. The molecule has 2 amide bonds. The van der Waals surface area contributed by atoms with E-state index in [2.05, 4.69) is 4.98 Å². The lowest BCUT2D eigenvalue weighted by Gasteiger charge is -2.26. The monoisotopic (exact) mass is 428 g/mol. The quantitative estimate of drug-likeness (QED) is 0.614. The Bertz CT molecular complexity index is 1130. The zero-order valence-electron chi connectivity index (χ0n) is 18.3. The molecule has 2 fully saturated rings. The van der Waals surface area contributed by atoms with E-state index in [-0.39, 0.29) is 11.8 Å². The largest absolute Gasteiger partial charge is 0.339 e. The first kappa shape index (κ1) is 20.6. The van der Waals surface area contributed by atoms with E-state index in [1.54, 1.807) is 6.20 Å². The lowest BCUT2D eigenvalue weighted by atomic mass is 10.1. The topological polar surface area (TPSA) is 66.4 Å². The van der Waals surface area contributed by atoms with Crippen molar-refractivity contribution in [2.24, 2.45) is 0 Å². The van der Waals surface area contributed by atoms with Crippen LogP contribution in [-0.2, 0) is 0 Å². The van der Waals surface area contributed by atoms with Crippen molar-refractivity contribution in [3.05, 3.63) is 59.8 Å². The SMILES string of the molecule is O=C(c1ccc(-c2cnc3ccc(C(=O)N4CCCCC4)cc3n2)cc1)N1CCCCC1. The summed E-state index contributed by atoms with van der Waals surface area (Å²) in [7, 11) is 0. The van der Waals surface area contributed by atoms with E-state index >= 15 is 0 Å². The number of amides is 2. The highest BCUT2D eigenvalue weighted by molar-refractivity contribution is 5.97. The fraction of sp³-hybridized carbons (Fsp3) is 0.385. The number of aromatic nitrogens is 2. The van der Waals surface area contributed by atoms with Gasteiger partial charge in [-0.05, 0) is 68.9 Å². The summed E-state index contributed by atoms with van der Waals surface area (Å²) in [6, 6.07) is 13.1. The number of carbonyl (C=O) groups is 2. The van der Waals surface area contributed by atoms with E-state index in [4.69, 9.17) is 4.98 Å². The molecule has 2 aliphatic rings. The van der Waals surface area contributed by atoms with Crippen LogP contribution in [0, 0.1) is 0 Å². The molecule has 2 aromatic carbocycles. The van der Waals surface area contributed by atoms with Gasteiger partial charge in [-0.3, -0.25) is 14.6 Å². The van der Waals surface area contributed by atoms with Crippen LogP contribution in [0.4, 0.5) is 0 Å². The van der Waals surface area contributed by atoms with E-state index in [1.807, 2.05) is 52.3 Å². The summed E-state index contributed by atoms with van der Waals surface area (Å²) in [4.78, 5) is 38.8. The lowest BCUT2D eigenvalue weighted by Crippen LogP contribution is -2.35. The van der Waals surface area contributed by atoms with E-state index in [0.717, 1.165) is 68.6 Å². The molecule has 0 unspecified atom stereocenters. The number of hydrogen-bond acceptors (Lipinski definition) is 4. The minimum atomic E-state index is 0.0689. The number of likely N-dealkylation sites (tertiary alicyclic amines) is 2. The van der Waals surface area contributed by atoms with Crippen molar-refractivity contribution in [1.82, 2.24) is 19.8 Å². The van der Waals surface area contributed by atoms with Gasteiger partial charge in [0, 0.05) is 42.9 Å². The third-order valence-electron chi connectivity index (χ3n) is 6.50. The maximum Gasteiger partial charge on any atom is 0.253 e. The first-order valence-electron chi connectivity index (χ1n) is 11.6. The first-order chi connectivity index (χ1) is 15.7. The van der Waals surface area contributed by atoms with Crippen molar-refractivity contribution in [2.45, 2.75) is 38.5 Å². The molecule has 2 saturated heterocycles. The molecule has 2 aliphatic heterocycles. The predicted octanol–water partition coefficient (Wildman–Crippen LogP) is 4.55. The molecule has 0 bridgehead atoms. The Morgan fingerprint density at radius 2 is 1.22 bits per heavy atom. The second-order valence-corrected chi connectivity index (χ2v) is 8.74. The van der Waals surface area contributed by atoms with Gasteiger partial charge in [0.1, 0.15) is 0 Å². The van der Waals surface area contributed by atoms with Gasteiger partial charge in [-0.2, -0.15) is 0 Å². The van der Waals surface area contributed by atoms with Gasteiger partial charge in [0.05, 0.1) is 22.9 Å². The zero-order chi connectivity index (χ0) is 21.9. The number of piperidine rings is 2. The smallest absolute Gasteiger partial charge is 0.253 e. The molecule has 3 aromatic rings. The summed E-state index contributed by atoms with van der Waals surface area (Å²) in [6.07, 6.45) is 8.44. The molecular formula is C26H28N4O2. The van der Waals surface area contributed by atoms with Crippen LogP contribution in [0.3, 0.4) is 0 Å². The van der Waals surface area contributed by atoms with Gasteiger partial charge in [0.2, 0.25) is 0 Å². The summed E-state index contributed by atoms with van der Waals surface area (Å²) < 4.78 is 0. The fourth-order valence-electron chi connectivity index (χ4n) is 4.63. The predicted molar refractivity (Wildman–Crippen MR) is 124 cm³/mol. The Labute approximate surface area is 188 Å². The molecule has 32 heavy (non-hydrogen) atoms. The standard InChI is InChI=1S/C26H28N4O2/c31-25(29-13-3-1-4-14-29)20-9-7-19(8-10-20)24-18-27-22-12-11-21(17-23(22)28-24)26(32)30-15-5-2-6-16-30/h7-12,17-18H,1-6,13-16H2. The molecule has 0 atom stereocenters. The minimum absolute atomic E-state index is 0.0689. The Kier molecular flexibility index (Phi) is 5.84. The van der Waals surface area contributed by atoms with Gasteiger partial charge in [-0.15, -0.1) is 0 Å². The van der Waals surface area contributed by atoms with Gasteiger partial charge in [-0.25, -0.2) is 4.98 Å². The number of benzene rings is 2. The fourth-order valence-corrected chi connectivity index (χ4v) is 4.63. The molecule has 164 valence electrons. The van der Waals surface area contributed by atoms with Crippen molar-refractivity contribution < 1.29 is 9.59 Å². The number of hydrogen-bond donors (Lipinski definition) is 0. The Balaban J connectivity index is 1.37. The van der Waals surface area contributed by atoms with E-state index < -0.39 is 0 Å². The molecule has 0 aliphatic carbocycles. The average Bonchev–Trinajstić information content (AvgIpc) is 2.88. The van der Waals surface area contributed by atoms with Crippen molar-refractivity contribution in [1.29, 1.82) is 0 Å². The molecular weight excluding hydrogens is 400 g/mol.